The second-order valence-corrected chi connectivity index (χ2v) is 3.63. The SMILES string of the molecule is Cc1ccc(-c2cc(N)c(C)[nH]2)cc1. The Morgan fingerprint density at radius 3 is 2.21 bits per heavy atom. The summed E-state index contributed by atoms with van der Waals surface area (Å²) in [4.78, 5) is 3.26. The van der Waals surface area contributed by atoms with Gasteiger partial charge in [0.05, 0.1) is 5.69 Å². The molecular formula is C12H14N2. The average molecular weight is 186 g/mol. The quantitative estimate of drug-likeness (QED) is 0.706. The molecule has 1 aromatic heterocycles. The van der Waals surface area contributed by atoms with E-state index in [0.29, 0.717) is 0 Å². The first-order valence-electron chi connectivity index (χ1n) is 4.69. The van der Waals surface area contributed by atoms with Gasteiger partial charge in [-0.2, -0.15) is 0 Å². The zero-order chi connectivity index (χ0) is 10.1. The van der Waals surface area contributed by atoms with E-state index in [1.807, 2.05) is 13.0 Å². The van der Waals surface area contributed by atoms with Crippen LogP contribution in [0.4, 0.5) is 5.69 Å². The van der Waals surface area contributed by atoms with Gasteiger partial charge in [0, 0.05) is 11.4 Å². The van der Waals surface area contributed by atoms with Gasteiger partial charge in [-0.15, -0.1) is 0 Å². The molecule has 2 nitrogen and oxygen atoms in total. The van der Waals surface area contributed by atoms with Gasteiger partial charge < -0.3 is 10.7 Å². The van der Waals surface area contributed by atoms with Crippen LogP contribution in [0.15, 0.2) is 30.3 Å². The van der Waals surface area contributed by atoms with Crippen LogP contribution in [0.1, 0.15) is 11.3 Å². The lowest BCUT2D eigenvalue weighted by Crippen LogP contribution is -1.82. The number of aryl methyl sites for hydroxylation is 2. The minimum Gasteiger partial charge on any atom is -0.397 e. The van der Waals surface area contributed by atoms with Gasteiger partial charge in [-0.3, -0.25) is 0 Å². The zero-order valence-corrected chi connectivity index (χ0v) is 8.46. The maximum absolute atomic E-state index is 5.78. The summed E-state index contributed by atoms with van der Waals surface area (Å²) >= 11 is 0. The van der Waals surface area contributed by atoms with Gasteiger partial charge in [-0.25, -0.2) is 0 Å². The highest BCUT2D eigenvalue weighted by molar-refractivity contribution is 5.66. The van der Waals surface area contributed by atoms with Crippen molar-refractivity contribution < 1.29 is 0 Å². The lowest BCUT2D eigenvalue weighted by Gasteiger charge is -1.98. The fourth-order valence-electron chi connectivity index (χ4n) is 1.46. The third-order valence-corrected chi connectivity index (χ3v) is 2.42. The average Bonchev–Trinajstić information content (AvgIpc) is 2.48. The topological polar surface area (TPSA) is 41.8 Å². The fourth-order valence-corrected chi connectivity index (χ4v) is 1.46. The third-order valence-electron chi connectivity index (χ3n) is 2.42. The van der Waals surface area contributed by atoms with Crippen molar-refractivity contribution >= 4 is 5.69 Å². The molecule has 72 valence electrons. The molecule has 0 aliphatic heterocycles. The summed E-state index contributed by atoms with van der Waals surface area (Å²) in [5, 5.41) is 0. The molecule has 2 heteroatoms. The Hall–Kier alpha value is -1.70. The molecule has 1 aromatic carbocycles. The number of nitrogen functional groups attached to an aromatic ring is 1. The molecule has 2 rings (SSSR count). The molecule has 0 amide bonds. The first-order valence-corrected chi connectivity index (χ1v) is 4.69. The second kappa shape index (κ2) is 3.22. The molecule has 3 N–H and O–H groups in total. The van der Waals surface area contributed by atoms with Crippen LogP contribution in [0, 0.1) is 13.8 Å². The van der Waals surface area contributed by atoms with E-state index in [0.717, 1.165) is 17.1 Å². The highest BCUT2D eigenvalue weighted by Gasteiger charge is 2.02. The highest BCUT2D eigenvalue weighted by atomic mass is 14.8. The van der Waals surface area contributed by atoms with E-state index < -0.39 is 0 Å². The molecule has 0 fully saturated rings. The molecule has 0 spiro atoms. The van der Waals surface area contributed by atoms with E-state index in [1.165, 1.54) is 11.1 Å². The number of H-pyrrole nitrogens is 1. The van der Waals surface area contributed by atoms with Gasteiger partial charge in [-0.1, -0.05) is 29.8 Å². The Kier molecular flexibility index (Phi) is 2.04. The molecule has 2 aromatic rings. The van der Waals surface area contributed by atoms with Crippen molar-refractivity contribution in [2.45, 2.75) is 13.8 Å². The number of aromatic amines is 1. The van der Waals surface area contributed by atoms with E-state index in [9.17, 15) is 0 Å². The molecule has 14 heavy (non-hydrogen) atoms. The predicted octanol–water partition coefficient (Wildman–Crippen LogP) is 2.88. The van der Waals surface area contributed by atoms with Crippen molar-refractivity contribution in [2.24, 2.45) is 0 Å². The molecular weight excluding hydrogens is 172 g/mol. The third kappa shape index (κ3) is 1.51. The molecule has 0 unspecified atom stereocenters. The van der Waals surface area contributed by atoms with E-state index >= 15 is 0 Å². The van der Waals surface area contributed by atoms with Crippen LogP contribution >= 0.6 is 0 Å². The maximum Gasteiger partial charge on any atom is 0.0528 e. The normalized spacial score (nSPS) is 10.4. The summed E-state index contributed by atoms with van der Waals surface area (Å²) < 4.78 is 0. The van der Waals surface area contributed by atoms with Crippen LogP contribution in [-0.2, 0) is 0 Å². The summed E-state index contributed by atoms with van der Waals surface area (Å²) in [5.41, 5.74) is 11.2. The van der Waals surface area contributed by atoms with Crippen molar-refractivity contribution in [3.63, 3.8) is 0 Å². The summed E-state index contributed by atoms with van der Waals surface area (Å²) in [6.45, 7) is 4.06. The van der Waals surface area contributed by atoms with Gasteiger partial charge in [0.15, 0.2) is 0 Å². The summed E-state index contributed by atoms with van der Waals surface area (Å²) in [5.74, 6) is 0. The van der Waals surface area contributed by atoms with Crippen molar-refractivity contribution in [3.05, 3.63) is 41.6 Å². The van der Waals surface area contributed by atoms with Crippen LogP contribution in [0.25, 0.3) is 11.3 Å². The number of rotatable bonds is 1. The lowest BCUT2D eigenvalue weighted by molar-refractivity contribution is 1.27. The molecule has 0 radical (unpaired) electrons. The van der Waals surface area contributed by atoms with Gasteiger partial charge >= 0.3 is 0 Å². The van der Waals surface area contributed by atoms with E-state index in [2.05, 4.69) is 36.2 Å². The Balaban J connectivity index is 2.44. The maximum atomic E-state index is 5.78. The minimum atomic E-state index is 0.820. The van der Waals surface area contributed by atoms with Gasteiger partial charge in [0.1, 0.15) is 0 Å². The van der Waals surface area contributed by atoms with Crippen LogP contribution in [0.2, 0.25) is 0 Å². The highest BCUT2D eigenvalue weighted by Crippen LogP contribution is 2.22. The molecule has 0 saturated carbocycles. The van der Waals surface area contributed by atoms with Crippen molar-refractivity contribution in [1.29, 1.82) is 0 Å². The second-order valence-electron chi connectivity index (χ2n) is 3.63. The van der Waals surface area contributed by atoms with Gasteiger partial charge in [0.25, 0.3) is 0 Å². The molecule has 1 heterocycles. The fraction of sp³-hybridized carbons (Fsp3) is 0.167. The van der Waals surface area contributed by atoms with Crippen molar-refractivity contribution in [1.82, 2.24) is 4.98 Å². The Labute approximate surface area is 83.8 Å². The molecule has 0 saturated heterocycles. The molecule has 0 aliphatic rings. The smallest absolute Gasteiger partial charge is 0.0528 e. The molecule has 0 aliphatic carbocycles. The van der Waals surface area contributed by atoms with Crippen molar-refractivity contribution in [2.75, 3.05) is 5.73 Å². The van der Waals surface area contributed by atoms with E-state index in [-0.39, 0.29) is 0 Å². The largest absolute Gasteiger partial charge is 0.397 e. The molecule has 0 atom stereocenters. The summed E-state index contributed by atoms with van der Waals surface area (Å²) in [6, 6.07) is 10.4. The Morgan fingerprint density at radius 1 is 1.07 bits per heavy atom. The number of nitrogens with one attached hydrogen (secondary N) is 1. The Bertz CT molecular complexity index is 418. The lowest BCUT2D eigenvalue weighted by atomic mass is 10.1. The van der Waals surface area contributed by atoms with Crippen molar-refractivity contribution in [3.8, 4) is 11.3 Å². The monoisotopic (exact) mass is 186 g/mol. The summed E-state index contributed by atoms with van der Waals surface area (Å²) in [7, 11) is 0. The van der Waals surface area contributed by atoms with Gasteiger partial charge in [-0.05, 0) is 25.5 Å². The number of benzene rings is 1. The van der Waals surface area contributed by atoms with E-state index in [1.54, 1.807) is 0 Å². The molecule has 0 bridgehead atoms. The zero-order valence-electron chi connectivity index (χ0n) is 8.46. The van der Waals surface area contributed by atoms with E-state index in [4.69, 9.17) is 5.73 Å². The van der Waals surface area contributed by atoms with Crippen LogP contribution in [-0.4, -0.2) is 4.98 Å². The van der Waals surface area contributed by atoms with Crippen LogP contribution < -0.4 is 5.73 Å². The number of anilines is 1. The number of aromatic nitrogens is 1. The predicted molar refractivity (Wildman–Crippen MR) is 60.1 cm³/mol. The first-order chi connectivity index (χ1) is 6.66. The van der Waals surface area contributed by atoms with Gasteiger partial charge in [0.2, 0.25) is 0 Å². The van der Waals surface area contributed by atoms with Crippen LogP contribution in [0.3, 0.4) is 0 Å². The number of hydrogen-bond acceptors (Lipinski definition) is 1. The standard InChI is InChI=1S/C12H14N2/c1-8-3-5-10(6-4-8)12-7-11(13)9(2)14-12/h3-7,14H,13H2,1-2H3. The number of hydrogen-bond donors (Lipinski definition) is 2. The Morgan fingerprint density at radius 2 is 1.71 bits per heavy atom. The number of nitrogens with two attached hydrogens (primary N) is 1. The first kappa shape index (κ1) is 8.88. The minimum absolute atomic E-state index is 0.820. The van der Waals surface area contributed by atoms with Crippen LogP contribution in [0.5, 0.6) is 0 Å². The summed E-state index contributed by atoms with van der Waals surface area (Å²) in [6.07, 6.45) is 0.